The van der Waals surface area contributed by atoms with Gasteiger partial charge < -0.3 is 10.2 Å². The smallest absolute Gasteiger partial charge is 0.279 e. The number of carbonyl (C=O) groups excluding carboxylic acids is 1. The molecule has 0 spiro atoms. The Bertz CT molecular complexity index is 835. The van der Waals surface area contributed by atoms with Gasteiger partial charge in [0.2, 0.25) is 0 Å². The van der Waals surface area contributed by atoms with E-state index in [1.165, 1.54) is 5.56 Å². The van der Waals surface area contributed by atoms with E-state index < -0.39 is 0 Å². The number of hydrogen-bond donors (Lipinski definition) is 2. The predicted octanol–water partition coefficient (Wildman–Crippen LogP) is 3.14. The van der Waals surface area contributed by atoms with Gasteiger partial charge in [-0.2, -0.15) is 11.3 Å². The number of rotatable bonds is 6. The standard InChI is InChI=1S/C19H21N3OS2/c1-13-5-4-6-14(2)18(13)21-17(23)10-22(3)9-16-12-25-19(20-16)15-7-8-24-11-15/h4-8,11-12H,9-10H2,1-3H3,(H,21,23)/p+1. The Morgan fingerprint density at radius 2 is 1.96 bits per heavy atom. The molecule has 1 aromatic carbocycles. The van der Waals surface area contributed by atoms with Crippen LogP contribution < -0.4 is 10.2 Å². The highest BCUT2D eigenvalue weighted by Crippen LogP contribution is 2.25. The fraction of sp³-hybridized carbons (Fsp3) is 0.263. The molecule has 0 aliphatic rings. The van der Waals surface area contributed by atoms with E-state index in [4.69, 9.17) is 0 Å². The molecule has 25 heavy (non-hydrogen) atoms. The second-order valence-electron chi connectivity index (χ2n) is 6.28. The molecule has 3 rings (SSSR count). The van der Waals surface area contributed by atoms with E-state index in [-0.39, 0.29) is 5.91 Å². The molecule has 0 aliphatic heterocycles. The number of para-hydroxylation sites is 1. The van der Waals surface area contributed by atoms with Crippen LogP contribution in [0, 0.1) is 13.8 Å². The minimum Gasteiger partial charge on any atom is -0.325 e. The van der Waals surface area contributed by atoms with Gasteiger partial charge in [0.15, 0.2) is 6.54 Å². The van der Waals surface area contributed by atoms with E-state index in [0.717, 1.165) is 39.0 Å². The Morgan fingerprint density at radius 3 is 2.64 bits per heavy atom. The molecule has 2 aromatic heterocycles. The van der Waals surface area contributed by atoms with Crippen molar-refractivity contribution in [2.75, 3.05) is 18.9 Å². The monoisotopic (exact) mass is 372 g/mol. The average molecular weight is 373 g/mol. The Kier molecular flexibility index (Phi) is 5.63. The van der Waals surface area contributed by atoms with Crippen LogP contribution in [0.15, 0.2) is 40.4 Å². The van der Waals surface area contributed by atoms with E-state index in [1.807, 2.05) is 39.1 Å². The Hall–Kier alpha value is -2.02. The fourth-order valence-electron chi connectivity index (χ4n) is 2.75. The van der Waals surface area contributed by atoms with Crippen molar-refractivity contribution in [2.45, 2.75) is 20.4 Å². The number of nitrogens with zero attached hydrogens (tertiary/aromatic N) is 1. The molecule has 0 saturated carbocycles. The number of amides is 1. The van der Waals surface area contributed by atoms with Gasteiger partial charge in [0.25, 0.3) is 5.91 Å². The van der Waals surface area contributed by atoms with Crippen LogP contribution in [-0.4, -0.2) is 24.5 Å². The first-order chi connectivity index (χ1) is 12.0. The number of thiophene rings is 1. The normalized spacial score (nSPS) is 12.1. The molecule has 6 heteroatoms. The van der Waals surface area contributed by atoms with E-state index in [9.17, 15) is 4.79 Å². The number of carbonyl (C=O) groups is 1. The summed E-state index contributed by atoms with van der Waals surface area (Å²) in [5.74, 6) is 0.0307. The third kappa shape index (κ3) is 4.54. The summed E-state index contributed by atoms with van der Waals surface area (Å²) in [5.41, 5.74) is 5.31. The van der Waals surface area contributed by atoms with E-state index in [1.54, 1.807) is 22.7 Å². The number of hydrogen-bond acceptors (Lipinski definition) is 4. The van der Waals surface area contributed by atoms with Crippen molar-refractivity contribution in [1.29, 1.82) is 0 Å². The summed E-state index contributed by atoms with van der Waals surface area (Å²) < 4.78 is 0. The molecular formula is C19H22N3OS2+. The van der Waals surface area contributed by atoms with Gasteiger partial charge in [0.05, 0.1) is 7.05 Å². The van der Waals surface area contributed by atoms with Gasteiger partial charge in [-0.1, -0.05) is 18.2 Å². The summed E-state index contributed by atoms with van der Waals surface area (Å²) in [7, 11) is 2.02. The van der Waals surface area contributed by atoms with Gasteiger partial charge >= 0.3 is 0 Å². The average Bonchev–Trinajstić information content (AvgIpc) is 3.22. The number of aryl methyl sites for hydroxylation is 2. The number of thiazole rings is 1. The summed E-state index contributed by atoms with van der Waals surface area (Å²) in [4.78, 5) is 18.2. The number of anilines is 1. The van der Waals surface area contributed by atoms with Crippen LogP contribution in [0.2, 0.25) is 0 Å². The zero-order chi connectivity index (χ0) is 17.8. The Morgan fingerprint density at radius 1 is 1.20 bits per heavy atom. The van der Waals surface area contributed by atoms with Gasteiger partial charge in [-0.3, -0.25) is 4.79 Å². The molecule has 0 bridgehead atoms. The number of quaternary nitrogens is 1. The number of benzene rings is 1. The highest BCUT2D eigenvalue weighted by molar-refractivity contribution is 7.14. The molecule has 1 amide bonds. The summed E-state index contributed by atoms with van der Waals surface area (Å²) in [6.45, 7) is 5.18. The van der Waals surface area contributed by atoms with Crippen LogP contribution in [0.25, 0.3) is 10.6 Å². The first kappa shape index (κ1) is 17.8. The number of aromatic nitrogens is 1. The summed E-state index contributed by atoms with van der Waals surface area (Å²) in [6, 6.07) is 8.12. The lowest BCUT2D eigenvalue weighted by Crippen LogP contribution is -3.08. The molecule has 0 saturated heterocycles. The fourth-order valence-corrected chi connectivity index (χ4v) is 4.28. The predicted molar refractivity (Wildman–Crippen MR) is 105 cm³/mol. The summed E-state index contributed by atoms with van der Waals surface area (Å²) in [6.07, 6.45) is 0. The van der Waals surface area contributed by atoms with Crippen LogP contribution >= 0.6 is 22.7 Å². The first-order valence-corrected chi connectivity index (χ1v) is 9.99. The quantitative estimate of drug-likeness (QED) is 0.698. The molecule has 0 radical (unpaired) electrons. The third-order valence-electron chi connectivity index (χ3n) is 4.01. The van der Waals surface area contributed by atoms with Crippen molar-refractivity contribution in [3.8, 4) is 10.6 Å². The van der Waals surface area contributed by atoms with Crippen LogP contribution in [-0.2, 0) is 11.3 Å². The molecule has 2 N–H and O–H groups in total. The third-order valence-corrected chi connectivity index (χ3v) is 5.63. The molecule has 0 fully saturated rings. The largest absolute Gasteiger partial charge is 0.325 e. The van der Waals surface area contributed by atoms with Crippen molar-refractivity contribution in [1.82, 2.24) is 4.98 Å². The van der Waals surface area contributed by atoms with Crippen molar-refractivity contribution in [2.24, 2.45) is 0 Å². The first-order valence-electron chi connectivity index (χ1n) is 8.17. The van der Waals surface area contributed by atoms with Gasteiger partial charge in [-0.25, -0.2) is 4.98 Å². The van der Waals surface area contributed by atoms with Crippen LogP contribution in [0.1, 0.15) is 16.8 Å². The lowest BCUT2D eigenvalue weighted by Gasteiger charge is -2.15. The Labute approximate surface area is 156 Å². The molecule has 0 aliphatic carbocycles. The second-order valence-corrected chi connectivity index (χ2v) is 7.92. The van der Waals surface area contributed by atoms with Gasteiger partial charge in [0, 0.05) is 22.0 Å². The van der Waals surface area contributed by atoms with Gasteiger partial charge in [-0.05, 0) is 36.4 Å². The highest BCUT2D eigenvalue weighted by atomic mass is 32.1. The minimum absolute atomic E-state index is 0.0307. The molecule has 1 atom stereocenters. The Balaban J connectivity index is 1.57. The van der Waals surface area contributed by atoms with Crippen LogP contribution in [0.4, 0.5) is 5.69 Å². The highest BCUT2D eigenvalue weighted by Gasteiger charge is 2.15. The number of likely N-dealkylation sites (N-methyl/N-ethyl adjacent to an activating group) is 1. The topological polar surface area (TPSA) is 46.4 Å². The zero-order valence-electron chi connectivity index (χ0n) is 14.6. The lowest BCUT2D eigenvalue weighted by atomic mass is 10.1. The molecule has 1 unspecified atom stereocenters. The van der Waals surface area contributed by atoms with Gasteiger partial charge in [0.1, 0.15) is 17.2 Å². The summed E-state index contributed by atoms with van der Waals surface area (Å²) in [5, 5.41) is 10.3. The number of nitrogens with one attached hydrogen (secondary N) is 2. The molecule has 3 aromatic rings. The summed E-state index contributed by atoms with van der Waals surface area (Å²) >= 11 is 3.33. The zero-order valence-corrected chi connectivity index (χ0v) is 16.3. The lowest BCUT2D eigenvalue weighted by molar-refractivity contribution is -0.885. The van der Waals surface area contributed by atoms with Crippen molar-refractivity contribution in [3.63, 3.8) is 0 Å². The molecule has 4 nitrogen and oxygen atoms in total. The SMILES string of the molecule is Cc1cccc(C)c1NC(=O)C[NH+](C)Cc1csc(-c2ccsc2)n1. The maximum absolute atomic E-state index is 12.4. The van der Waals surface area contributed by atoms with Crippen molar-refractivity contribution >= 4 is 34.3 Å². The van der Waals surface area contributed by atoms with Crippen molar-refractivity contribution in [3.05, 3.63) is 57.2 Å². The minimum atomic E-state index is 0.0307. The van der Waals surface area contributed by atoms with Crippen LogP contribution in [0.3, 0.4) is 0 Å². The van der Waals surface area contributed by atoms with E-state index in [2.05, 4.69) is 32.5 Å². The van der Waals surface area contributed by atoms with Crippen molar-refractivity contribution < 1.29 is 9.69 Å². The maximum Gasteiger partial charge on any atom is 0.279 e. The second kappa shape index (κ2) is 7.91. The molecular weight excluding hydrogens is 350 g/mol. The van der Waals surface area contributed by atoms with E-state index in [0.29, 0.717) is 6.54 Å². The van der Waals surface area contributed by atoms with Crippen LogP contribution in [0.5, 0.6) is 0 Å². The molecule has 130 valence electrons. The molecule has 2 heterocycles. The van der Waals surface area contributed by atoms with E-state index >= 15 is 0 Å². The van der Waals surface area contributed by atoms with Gasteiger partial charge in [-0.15, -0.1) is 11.3 Å². The maximum atomic E-state index is 12.4.